The van der Waals surface area contributed by atoms with Crippen LogP contribution >= 0.6 is 0 Å². The van der Waals surface area contributed by atoms with Crippen molar-refractivity contribution in [2.75, 3.05) is 32.8 Å². The Morgan fingerprint density at radius 3 is 2.88 bits per heavy atom. The van der Waals surface area contributed by atoms with Crippen molar-refractivity contribution in [3.05, 3.63) is 0 Å². The van der Waals surface area contributed by atoms with Gasteiger partial charge in [0.15, 0.2) is 0 Å². The number of aliphatic hydroxyl groups is 1. The van der Waals surface area contributed by atoms with Gasteiger partial charge in [-0.3, -0.25) is 10.0 Å². The number of hydroxylamine groups is 1. The number of piperazine rings is 1. The summed E-state index contributed by atoms with van der Waals surface area (Å²) in [6.45, 7) is 1.19. The lowest BCUT2D eigenvalue weighted by Crippen LogP contribution is -2.59. The molecule has 0 aliphatic carbocycles. The predicted molar refractivity (Wildman–Crippen MR) is 53.8 cm³/mol. The van der Waals surface area contributed by atoms with E-state index in [0.717, 1.165) is 0 Å². The first-order chi connectivity index (χ1) is 7.69. The molecule has 16 heavy (non-hydrogen) atoms. The van der Waals surface area contributed by atoms with Gasteiger partial charge in [-0.2, -0.15) is 0 Å². The minimum atomic E-state index is -0.612. The number of carbonyl (C=O) groups excluding carboxylic acids is 2. The number of rotatable bonds is 3. The summed E-state index contributed by atoms with van der Waals surface area (Å²) >= 11 is 0. The molecule has 0 aromatic heterocycles. The molecule has 3 amide bonds. The second-order valence-electron chi connectivity index (χ2n) is 3.38. The SMILES string of the molecule is O=C(NO)C1CN(C(=O)NCCO)CCN1. The van der Waals surface area contributed by atoms with E-state index in [4.69, 9.17) is 10.3 Å². The minimum Gasteiger partial charge on any atom is -0.395 e. The normalized spacial score (nSPS) is 20.4. The molecule has 1 fully saturated rings. The van der Waals surface area contributed by atoms with Crippen molar-refractivity contribution in [2.24, 2.45) is 0 Å². The molecule has 8 heteroatoms. The van der Waals surface area contributed by atoms with E-state index in [1.807, 2.05) is 0 Å². The second-order valence-corrected chi connectivity index (χ2v) is 3.38. The molecule has 0 saturated carbocycles. The molecule has 1 aliphatic rings. The first-order valence-corrected chi connectivity index (χ1v) is 5.00. The Morgan fingerprint density at radius 1 is 1.50 bits per heavy atom. The van der Waals surface area contributed by atoms with Crippen LogP contribution in [-0.2, 0) is 4.79 Å². The highest BCUT2D eigenvalue weighted by Gasteiger charge is 2.27. The van der Waals surface area contributed by atoms with E-state index in [1.165, 1.54) is 10.4 Å². The third-order valence-electron chi connectivity index (χ3n) is 2.28. The van der Waals surface area contributed by atoms with E-state index in [1.54, 1.807) is 0 Å². The van der Waals surface area contributed by atoms with Gasteiger partial charge >= 0.3 is 6.03 Å². The summed E-state index contributed by atoms with van der Waals surface area (Å²) in [5.41, 5.74) is 1.54. The van der Waals surface area contributed by atoms with Gasteiger partial charge in [-0.1, -0.05) is 0 Å². The van der Waals surface area contributed by atoms with Gasteiger partial charge in [-0.15, -0.1) is 0 Å². The maximum Gasteiger partial charge on any atom is 0.317 e. The van der Waals surface area contributed by atoms with Gasteiger partial charge in [-0.25, -0.2) is 10.3 Å². The van der Waals surface area contributed by atoms with E-state index in [9.17, 15) is 9.59 Å². The Labute approximate surface area is 92.6 Å². The zero-order valence-electron chi connectivity index (χ0n) is 8.77. The molecule has 0 aromatic rings. The van der Waals surface area contributed by atoms with Crippen molar-refractivity contribution < 1.29 is 19.9 Å². The van der Waals surface area contributed by atoms with Gasteiger partial charge in [0.25, 0.3) is 5.91 Å². The van der Waals surface area contributed by atoms with E-state index in [2.05, 4.69) is 10.6 Å². The zero-order valence-corrected chi connectivity index (χ0v) is 8.77. The third-order valence-corrected chi connectivity index (χ3v) is 2.28. The molecule has 0 aromatic carbocycles. The fourth-order valence-corrected chi connectivity index (χ4v) is 1.46. The maximum atomic E-state index is 11.5. The average molecular weight is 232 g/mol. The molecule has 1 unspecified atom stereocenters. The number of aliphatic hydroxyl groups excluding tert-OH is 1. The summed E-state index contributed by atoms with van der Waals surface area (Å²) in [6.07, 6.45) is 0. The molecule has 8 nitrogen and oxygen atoms in total. The Hall–Kier alpha value is -1.38. The van der Waals surface area contributed by atoms with Gasteiger partial charge in [0.05, 0.1) is 6.61 Å². The molecule has 1 aliphatic heterocycles. The minimum absolute atomic E-state index is 0.127. The highest BCUT2D eigenvalue weighted by molar-refractivity contribution is 5.82. The molecule has 0 radical (unpaired) electrons. The molecule has 0 spiro atoms. The van der Waals surface area contributed by atoms with Crippen LogP contribution in [0.3, 0.4) is 0 Å². The summed E-state index contributed by atoms with van der Waals surface area (Å²) in [7, 11) is 0. The van der Waals surface area contributed by atoms with E-state index in [0.29, 0.717) is 13.1 Å². The summed E-state index contributed by atoms with van der Waals surface area (Å²) in [4.78, 5) is 24.1. The van der Waals surface area contributed by atoms with Crippen molar-refractivity contribution in [3.8, 4) is 0 Å². The molecular weight excluding hydrogens is 216 g/mol. The van der Waals surface area contributed by atoms with Crippen LogP contribution in [0.2, 0.25) is 0 Å². The van der Waals surface area contributed by atoms with E-state index < -0.39 is 11.9 Å². The van der Waals surface area contributed by atoms with Crippen molar-refractivity contribution in [3.63, 3.8) is 0 Å². The third kappa shape index (κ3) is 3.33. The van der Waals surface area contributed by atoms with Crippen molar-refractivity contribution in [1.29, 1.82) is 0 Å². The number of nitrogens with zero attached hydrogens (tertiary/aromatic N) is 1. The van der Waals surface area contributed by atoms with E-state index in [-0.39, 0.29) is 25.7 Å². The van der Waals surface area contributed by atoms with Crippen LogP contribution in [0, 0.1) is 0 Å². The van der Waals surface area contributed by atoms with Crippen LogP contribution in [0.5, 0.6) is 0 Å². The number of hydrogen-bond acceptors (Lipinski definition) is 5. The Balaban J connectivity index is 2.43. The summed E-state index contributed by atoms with van der Waals surface area (Å²) in [6, 6.07) is -0.940. The van der Waals surface area contributed by atoms with Gasteiger partial charge in [-0.05, 0) is 0 Å². The van der Waals surface area contributed by atoms with Gasteiger partial charge < -0.3 is 20.6 Å². The molecule has 0 bridgehead atoms. The zero-order chi connectivity index (χ0) is 12.0. The molecule has 1 atom stereocenters. The number of hydrogen-bond donors (Lipinski definition) is 5. The lowest BCUT2D eigenvalue weighted by molar-refractivity contribution is -0.132. The van der Waals surface area contributed by atoms with Crippen LogP contribution in [0.4, 0.5) is 4.79 Å². The van der Waals surface area contributed by atoms with Crippen LogP contribution in [0.25, 0.3) is 0 Å². The molecule has 1 rings (SSSR count). The largest absolute Gasteiger partial charge is 0.395 e. The number of urea groups is 1. The topological polar surface area (TPSA) is 114 Å². The smallest absolute Gasteiger partial charge is 0.317 e. The highest BCUT2D eigenvalue weighted by atomic mass is 16.5. The monoisotopic (exact) mass is 232 g/mol. The van der Waals surface area contributed by atoms with Gasteiger partial charge in [0.1, 0.15) is 6.04 Å². The maximum absolute atomic E-state index is 11.5. The summed E-state index contributed by atoms with van der Waals surface area (Å²) in [5, 5.41) is 22.4. The van der Waals surface area contributed by atoms with Gasteiger partial charge in [0, 0.05) is 26.2 Å². The molecular formula is C8H16N4O4. The Bertz CT molecular complexity index is 260. The van der Waals surface area contributed by atoms with E-state index >= 15 is 0 Å². The van der Waals surface area contributed by atoms with Crippen LogP contribution in [0.1, 0.15) is 0 Å². The molecule has 1 saturated heterocycles. The fourth-order valence-electron chi connectivity index (χ4n) is 1.46. The van der Waals surface area contributed by atoms with Crippen LogP contribution < -0.4 is 16.1 Å². The average Bonchev–Trinajstić information content (AvgIpc) is 2.35. The van der Waals surface area contributed by atoms with Crippen LogP contribution in [-0.4, -0.2) is 66.0 Å². The molecule has 5 N–H and O–H groups in total. The fraction of sp³-hybridized carbons (Fsp3) is 0.750. The summed E-state index contributed by atoms with van der Waals surface area (Å²) < 4.78 is 0. The summed E-state index contributed by atoms with van der Waals surface area (Å²) in [5.74, 6) is -0.570. The van der Waals surface area contributed by atoms with Crippen molar-refractivity contribution in [2.45, 2.75) is 6.04 Å². The Morgan fingerprint density at radius 2 is 2.25 bits per heavy atom. The number of amides is 3. The lowest BCUT2D eigenvalue weighted by atomic mass is 10.2. The quantitative estimate of drug-likeness (QED) is 0.272. The van der Waals surface area contributed by atoms with Gasteiger partial charge in [0.2, 0.25) is 0 Å². The number of carbonyl (C=O) groups is 2. The molecule has 1 heterocycles. The van der Waals surface area contributed by atoms with Crippen molar-refractivity contribution >= 4 is 11.9 Å². The highest BCUT2D eigenvalue weighted by Crippen LogP contribution is 1.99. The first kappa shape index (κ1) is 12.7. The molecule has 92 valence electrons. The number of nitrogens with one attached hydrogen (secondary N) is 3. The lowest BCUT2D eigenvalue weighted by Gasteiger charge is -2.32. The first-order valence-electron chi connectivity index (χ1n) is 5.00. The second kappa shape index (κ2) is 6.26. The standard InChI is InChI=1S/C8H16N4O4/c13-4-2-10-8(15)12-3-1-9-6(5-12)7(14)11-16/h6,9,13,16H,1-5H2,(H,10,15)(H,11,14). The predicted octanol–water partition coefficient (Wildman–Crippen LogP) is -2.53. The van der Waals surface area contributed by atoms with Crippen molar-refractivity contribution in [1.82, 2.24) is 21.0 Å². The van der Waals surface area contributed by atoms with Crippen LogP contribution in [0.15, 0.2) is 0 Å². The Kier molecular flexibility index (Phi) is 4.96.